The first-order chi connectivity index (χ1) is 6.68. The molecule has 0 saturated heterocycles. The van der Waals surface area contributed by atoms with Crippen molar-refractivity contribution in [3.8, 4) is 10.7 Å². The normalized spacial score (nSPS) is 11.1. The van der Waals surface area contributed by atoms with Crippen LogP contribution in [0.2, 0.25) is 0 Å². The summed E-state index contributed by atoms with van der Waals surface area (Å²) < 4.78 is 13.2. The largest absolute Gasteiger partial charge is 0.262 e. The number of rotatable bonds is 2. The predicted octanol–water partition coefficient (Wildman–Crippen LogP) is 2.80. The number of aromatic nitrogens is 3. The fourth-order valence-corrected chi connectivity index (χ4v) is 1.79. The predicted molar refractivity (Wildman–Crippen MR) is 53.7 cm³/mol. The van der Waals surface area contributed by atoms with Crippen LogP contribution in [0.4, 0.5) is 4.39 Å². The van der Waals surface area contributed by atoms with Crippen LogP contribution < -0.4 is 0 Å². The van der Waals surface area contributed by atoms with Gasteiger partial charge in [-0.3, -0.25) is 5.10 Å². The molecule has 0 spiro atoms. The lowest BCUT2D eigenvalue weighted by atomic mass is 10.2. The van der Waals surface area contributed by atoms with E-state index >= 15 is 0 Å². The molecule has 0 fully saturated rings. The molecular weight excluding hydrogens is 201 g/mol. The van der Waals surface area contributed by atoms with Gasteiger partial charge in [0.25, 0.3) is 0 Å². The van der Waals surface area contributed by atoms with E-state index in [2.05, 4.69) is 15.2 Å². The number of halogens is 1. The van der Waals surface area contributed by atoms with Gasteiger partial charge in [0.05, 0.1) is 0 Å². The third-order valence-electron chi connectivity index (χ3n) is 1.87. The van der Waals surface area contributed by atoms with E-state index in [9.17, 15) is 4.39 Å². The second-order valence-corrected chi connectivity index (χ2v) is 4.21. The Kier molecular flexibility index (Phi) is 2.33. The van der Waals surface area contributed by atoms with Crippen LogP contribution in [0.3, 0.4) is 0 Å². The van der Waals surface area contributed by atoms with Crippen LogP contribution in [0.15, 0.2) is 11.4 Å². The van der Waals surface area contributed by atoms with Crippen LogP contribution >= 0.6 is 11.3 Å². The Morgan fingerprint density at radius 2 is 2.29 bits per heavy atom. The summed E-state index contributed by atoms with van der Waals surface area (Å²) >= 11 is 1.31. The summed E-state index contributed by atoms with van der Waals surface area (Å²) in [6.45, 7) is 4.02. The lowest BCUT2D eigenvalue weighted by Gasteiger charge is -1.94. The molecule has 0 atom stereocenters. The average molecular weight is 211 g/mol. The van der Waals surface area contributed by atoms with Crippen molar-refractivity contribution in [3.05, 3.63) is 23.1 Å². The molecule has 74 valence electrons. The van der Waals surface area contributed by atoms with Crippen LogP contribution in [0.5, 0.6) is 0 Å². The van der Waals surface area contributed by atoms with Crippen molar-refractivity contribution >= 4 is 11.3 Å². The summed E-state index contributed by atoms with van der Waals surface area (Å²) in [4.78, 5) is 4.71. The maximum atomic E-state index is 13.2. The zero-order valence-electron chi connectivity index (χ0n) is 7.91. The first-order valence-electron chi connectivity index (χ1n) is 4.34. The molecule has 2 rings (SSSR count). The van der Waals surface area contributed by atoms with Gasteiger partial charge in [0.2, 0.25) is 0 Å². The molecule has 0 radical (unpaired) electrons. The highest BCUT2D eigenvalue weighted by Gasteiger charge is 2.13. The van der Waals surface area contributed by atoms with Gasteiger partial charge in [0.15, 0.2) is 5.82 Å². The highest BCUT2D eigenvalue weighted by atomic mass is 32.1. The van der Waals surface area contributed by atoms with Crippen molar-refractivity contribution in [2.75, 3.05) is 0 Å². The Labute approximate surface area is 85.0 Å². The Bertz CT molecular complexity index is 433. The van der Waals surface area contributed by atoms with Crippen LogP contribution in [0.25, 0.3) is 10.7 Å². The summed E-state index contributed by atoms with van der Waals surface area (Å²) in [7, 11) is 0. The number of hydrogen-bond acceptors (Lipinski definition) is 3. The van der Waals surface area contributed by atoms with E-state index in [0.717, 1.165) is 5.82 Å². The number of H-pyrrole nitrogens is 1. The number of aromatic amines is 1. The van der Waals surface area contributed by atoms with Gasteiger partial charge in [0.1, 0.15) is 16.5 Å². The number of nitrogens with zero attached hydrogens (tertiary/aromatic N) is 2. The molecular formula is C9H10FN3S. The van der Waals surface area contributed by atoms with E-state index in [1.165, 1.54) is 17.4 Å². The molecule has 3 nitrogen and oxygen atoms in total. The van der Waals surface area contributed by atoms with E-state index in [4.69, 9.17) is 0 Å². The van der Waals surface area contributed by atoms with Crippen LogP contribution in [0, 0.1) is 5.82 Å². The van der Waals surface area contributed by atoms with E-state index in [1.54, 1.807) is 5.38 Å². The van der Waals surface area contributed by atoms with Crippen LogP contribution in [-0.2, 0) is 0 Å². The molecule has 2 heterocycles. The fraction of sp³-hybridized carbons (Fsp3) is 0.333. The molecule has 0 amide bonds. The summed E-state index contributed by atoms with van der Waals surface area (Å²) in [5.41, 5.74) is 0. The number of thiophene rings is 1. The third-order valence-corrected chi connectivity index (χ3v) is 2.76. The molecule has 1 N–H and O–H groups in total. The Balaban J connectivity index is 2.39. The molecule has 0 saturated carbocycles. The van der Waals surface area contributed by atoms with E-state index in [0.29, 0.717) is 10.7 Å². The maximum Gasteiger partial charge on any atom is 0.194 e. The lowest BCUT2D eigenvalue weighted by Crippen LogP contribution is -1.89. The van der Waals surface area contributed by atoms with Gasteiger partial charge >= 0.3 is 0 Å². The summed E-state index contributed by atoms with van der Waals surface area (Å²) in [5.74, 6) is 1.25. The highest BCUT2D eigenvalue weighted by Crippen LogP contribution is 2.25. The summed E-state index contributed by atoms with van der Waals surface area (Å²) in [6, 6.07) is 1.42. The standard InChI is InChI=1S/C9H10FN3S/c1-5(2)8-11-9(13-12-8)7-6(10)3-4-14-7/h3-5H,1-2H3,(H,11,12,13). The minimum atomic E-state index is -0.260. The lowest BCUT2D eigenvalue weighted by molar-refractivity contribution is 0.635. The van der Waals surface area contributed by atoms with E-state index < -0.39 is 0 Å². The van der Waals surface area contributed by atoms with Gasteiger partial charge in [-0.05, 0) is 11.4 Å². The molecule has 0 aliphatic heterocycles. The summed E-state index contributed by atoms with van der Waals surface area (Å²) in [5, 5.41) is 8.47. The van der Waals surface area contributed by atoms with E-state index in [1.807, 2.05) is 13.8 Å². The van der Waals surface area contributed by atoms with Gasteiger partial charge in [-0.15, -0.1) is 11.3 Å². The molecule has 2 aromatic heterocycles. The Morgan fingerprint density at radius 1 is 1.50 bits per heavy atom. The maximum absolute atomic E-state index is 13.2. The second kappa shape index (κ2) is 3.49. The molecule has 0 aliphatic carbocycles. The molecule has 0 unspecified atom stereocenters. The van der Waals surface area contributed by atoms with Gasteiger partial charge in [0, 0.05) is 5.92 Å². The first-order valence-corrected chi connectivity index (χ1v) is 5.22. The van der Waals surface area contributed by atoms with Gasteiger partial charge in [-0.1, -0.05) is 13.8 Å². The van der Waals surface area contributed by atoms with Crippen molar-refractivity contribution in [1.29, 1.82) is 0 Å². The number of nitrogens with one attached hydrogen (secondary N) is 1. The number of hydrogen-bond donors (Lipinski definition) is 1. The van der Waals surface area contributed by atoms with E-state index in [-0.39, 0.29) is 11.7 Å². The zero-order chi connectivity index (χ0) is 10.1. The first kappa shape index (κ1) is 9.33. The molecule has 0 aliphatic rings. The zero-order valence-corrected chi connectivity index (χ0v) is 8.73. The van der Waals surface area contributed by atoms with Crippen molar-refractivity contribution in [2.45, 2.75) is 19.8 Å². The second-order valence-electron chi connectivity index (χ2n) is 3.30. The van der Waals surface area contributed by atoms with Crippen molar-refractivity contribution in [2.24, 2.45) is 0 Å². The Hall–Kier alpha value is -1.23. The smallest absolute Gasteiger partial charge is 0.194 e. The minimum absolute atomic E-state index is 0.260. The quantitative estimate of drug-likeness (QED) is 0.829. The molecule has 14 heavy (non-hydrogen) atoms. The minimum Gasteiger partial charge on any atom is -0.262 e. The highest BCUT2D eigenvalue weighted by molar-refractivity contribution is 7.13. The molecule has 5 heteroatoms. The Morgan fingerprint density at radius 3 is 2.79 bits per heavy atom. The van der Waals surface area contributed by atoms with Gasteiger partial charge in [-0.2, -0.15) is 5.10 Å². The average Bonchev–Trinajstić information content (AvgIpc) is 2.71. The summed E-state index contributed by atoms with van der Waals surface area (Å²) in [6.07, 6.45) is 0. The topological polar surface area (TPSA) is 41.6 Å². The van der Waals surface area contributed by atoms with Crippen molar-refractivity contribution in [3.63, 3.8) is 0 Å². The molecule has 0 bridgehead atoms. The SMILES string of the molecule is CC(C)c1nc(-c2sccc2F)n[nH]1. The van der Waals surface area contributed by atoms with Gasteiger partial charge in [-0.25, -0.2) is 9.37 Å². The van der Waals surface area contributed by atoms with Crippen molar-refractivity contribution in [1.82, 2.24) is 15.2 Å². The molecule has 2 aromatic rings. The third kappa shape index (κ3) is 1.55. The molecule has 0 aromatic carbocycles. The fourth-order valence-electron chi connectivity index (χ4n) is 1.09. The van der Waals surface area contributed by atoms with Gasteiger partial charge < -0.3 is 0 Å². The van der Waals surface area contributed by atoms with Crippen molar-refractivity contribution < 1.29 is 4.39 Å². The van der Waals surface area contributed by atoms with Crippen LogP contribution in [0.1, 0.15) is 25.6 Å². The van der Waals surface area contributed by atoms with Crippen LogP contribution in [-0.4, -0.2) is 15.2 Å². The monoisotopic (exact) mass is 211 g/mol.